The van der Waals surface area contributed by atoms with Gasteiger partial charge >= 0.3 is 5.97 Å². The average Bonchev–Trinajstić information content (AvgIpc) is 2.53. The Labute approximate surface area is 128 Å². The third-order valence-electron chi connectivity index (χ3n) is 3.94. The Hall–Kier alpha value is -2.39. The van der Waals surface area contributed by atoms with E-state index in [0.717, 1.165) is 5.56 Å². The maximum atomic E-state index is 12.2. The van der Waals surface area contributed by atoms with Crippen LogP contribution in [0.1, 0.15) is 30.0 Å². The number of methoxy groups -OCH3 is 1. The summed E-state index contributed by atoms with van der Waals surface area (Å²) in [6, 6.07) is 8.22. The van der Waals surface area contributed by atoms with Crippen LogP contribution in [0.25, 0.3) is 0 Å². The zero-order valence-electron chi connectivity index (χ0n) is 12.4. The van der Waals surface area contributed by atoms with E-state index in [2.05, 4.69) is 0 Å². The van der Waals surface area contributed by atoms with E-state index in [9.17, 15) is 14.7 Å². The Bertz CT molecular complexity index is 591. The zero-order chi connectivity index (χ0) is 16.1. The SMILES string of the molecule is COCCN1C(=O)CC[C@@H](C(=O)O)[C@H]1c1ccc(C#N)cc1. The van der Waals surface area contributed by atoms with Gasteiger partial charge in [-0.25, -0.2) is 0 Å². The summed E-state index contributed by atoms with van der Waals surface area (Å²) in [5.74, 6) is -1.63. The molecule has 116 valence electrons. The molecule has 1 heterocycles. The zero-order valence-corrected chi connectivity index (χ0v) is 12.4. The van der Waals surface area contributed by atoms with E-state index in [1.807, 2.05) is 6.07 Å². The van der Waals surface area contributed by atoms with Gasteiger partial charge in [-0.05, 0) is 24.1 Å². The second-order valence-corrected chi connectivity index (χ2v) is 5.24. The number of hydrogen-bond donors (Lipinski definition) is 1. The number of rotatable bonds is 5. The lowest BCUT2D eigenvalue weighted by molar-refractivity contribution is -0.152. The smallest absolute Gasteiger partial charge is 0.308 e. The summed E-state index contributed by atoms with van der Waals surface area (Å²) >= 11 is 0. The standard InChI is InChI=1S/C16H18N2O4/c1-22-9-8-18-14(19)7-6-13(16(20)21)15(18)12-4-2-11(10-17)3-5-12/h2-5,13,15H,6-9H2,1H3,(H,20,21)/t13-,15-/m1/s1. The molecule has 0 radical (unpaired) electrons. The van der Waals surface area contributed by atoms with Crippen molar-refractivity contribution in [3.05, 3.63) is 35.4 Å². The van der Waals surface area contributed by atoms with Gasteiger partial charge in [0.1, 0.15) is 0 Å². The number of ether oxygens (including phenoxy) is 1. The van der Waals surface area contributed by atoms with E-state index in [-0.39, 0.29) is 12.3 Å². The van der Waals surface area contributed by atoms with Crippen LogP contribution in [0.15, 0.2) is 24.3 Å². The molecule has 0 aliphatic carbocycles. The summed E-state index contributed by atoms with van der Waals surface area (Å²) in [5, 5.41) is 18.3. The lowest BCUT2D eigenvalue weighted by Gasteiger charge is -2.39. The maximum Gasteiger partial charge on any atom is 0.308 e. The number of hydrogen-bond acceptors (Lipinski definition) is 4. The van der Waals surface area contributed by atoms with Crippen LogP contribution in [0, 0.1) is 17.2 Å². The molecule has 1 aromatic rings. The van der Waals surface area contributed by atoms with Gasteiger partial charge in [-0.2, -0.15) is 5.26 Å². The number of carboxylic acids is 1. The fourth-order valence-electron chi connectivity index (χ4n) is 2.83. The number of nitrogens with zero attached hydrogens (tertiary/aromatic N) is 2. The minimum Gasteiger partial charge on any atom is -0.481 e. The summed E-state index contributed by atoms with van der Waals surface area (Å²) in [6.45, 7) is 0.703. The van der Waals surface area contributed by atoms with Crippen LogP contribution in [0.2, 0.25) is 0 Å². The van der Waals surface area contributed by atoms with Crippen molar-refractivity contribution in [3.63, 3.8) is 0 Å². The molecule has 6 nitrogen and oxygen atoms in total. The monoisotopic (exact) mass is 302 g/mol. The molecule has 1 aromatic carbocycles. The van der Waals surface area contributed by atoms with Crippen LogP contribution >= 0.6 is 0 Å². The van der Waals surface area contributed by atoms with E-state index in [0.29, 0.717) is 25.1 Å². The van der Waals surface area contributed by atoms with Gasteiger partial charge in [-0.3, -0.25) is 9.59 Å². The number of likely N-dealkylation sites (tertiary alicyclic amines) is 1. The van der Waals surface area contributed by atoms with Gasteiger partial charge in [0.05, 0.1) is 30.2 Å². The third kappa shape index (κ3) is 3.26. The number of nitriles is 1. The Kier molecular flexibility index (Phi) is 5.12. The second kappa shape index (κ2) is 7.05. The molecule has 0 spiro atoms. The van der Waals surface area contributed by atoms with Crippen LogP contribution in [0.5, 0.6) is 0 Å². The molecule has 0 bridgehead atoms. The van der Waals surface area contributed by atoms with Gasteiger partial charge in [-0.15, -0.1) is 0 Å². The van der Waals surface area contributed by atoms with Crippen molar-refractivity contribution in [2.45, 2.75) is 18.9 Å². The van der Waals surface area contributed by atoms with Crippen LogP contribution in [-0.2, 0) is 14.3 Å². The Morgan fingerprint density at radius 1 is 1.45 bits per heavy atom. The number of amides is 1. The first kappa shape index (κ1) is 16.0. The first-order valence-electron chi connectivity index (χ1n) is 7.09. The van der Waals surface area contributed by atoms with Gasteiger partial charge in [0.25, 0.3) is 0 Å². The van der Waals surface area contributed by atoms with Gasteiger partial charge in [0.2, 0.25) is 5.91 Å². The van der Waals surface area contributed by atoms with Crippen LogP contribution in [0.4, 0.5) is 0 Å². The van der Waals surface area contributed by atoms with Crippen molar-refractivity contribution in [1.29, 1.82) is 5.26 Å². The highest BCUT2D eigenvalue weighted by molar-refractivity contribution is 5.81. The third-order valence-corrected chi connectivity index (χ3v) is 3.94. The number of carbonyl (C=O) groups excluding carboxylic acids is 1. The first-order valence-corrected chi connectivity index (χ1v) is 7.09. The van der Waals surface area contributed by atoms with E-state index in [1.54, 1.807) is 36.3 Å². The summed E-state index contributed by atoms with van der Waals surface area (Å²) in [5.41, 5.74) is 1.23. The maximum absolute atomic E-state index is 12.2. The first-order chi connectivity index (χ1) is 10.6. The molecule has 6 heteroatoms. The molecule has 1 saturated heterocycles. The largest absolute Gasteiger partial charge is 0.481 e. The summed E-state index contributed by atoms with van der Waals surface area (Å²) < 4.78 is 5.02. The van der Waals surface area contributed by atoms with Crippen molar-refractivity contribution in [2.75, 3.05) is 20.3 Å². The lowest BCUT2D eigenvalue weighted by atomic mass is 9.84. The van der Waals surface area contributed by atoms with Crippen LogP contribution < -0.4 is 0 Å². The second-order valence-electron chi connectivity index (χ2n) is 5.24. The minimum absolute atomic E-state index is 0.0658. The molecule has 1 aliphatic rings. The summed E-state index contributed by atoms with van der Waals surface area (Å²) in [7, 11) is 1.54. The van der Waals surface area contributed by atoms with Crippen molar-refractivity contribution in [3.8, 4) is 6.07 Å². The molecule has 22 heavy (non-hydrogen) atoms. The number of benzene rings is 1. The number of aliphatic carboxylic acids is 1. The molecular weight excluding hydrogens is 284 g/mol. The highest BCUT2D eigenvalue weighted by Gasteiger charge is 2.40. The van der Waals surface area contributed by atoms with Gasteiger partial charge in [0.15, 0.2) is 0 Å². The van der Waals surface area contributed by atoms with E-state index in [4.69, 9.17) is 10.00 Å². The fourth-order valence-corrected chi connectivity index (χ4v) is 2.83. The lowest BCUT2D eigenvalue weighted by Crippen LogP contribution is -2.46. The van der Waals surface area contributed by atoms with Crippen molar-refractivity contribution < 1.29 is 19.4 Å². The highest BCUT2D eigenvalue weighted by atomic mass is 16.5. The summed E-state index contributed by atoms with van der Waals surface area (Å²) in [4.78, 5) is 25.3. The number of carbonyl (C=O) groups is 2. The van der Waals surface area contributed by atoms with Crippen molar-refractivity contribution in [2.24, 2.45) is 5.92 Å². The Balaban J connectivity index is 2.37. The minimum atomic E-state index is -0.913. The van der Waals surface area contributed by atoms with E-state index >= 15 is 0 Å². The molecule has 0 saturated carbocycles. The van der Waals surface area contributed by atoms with E-state index in [1.165, 1.54) is 0 Å². The van der Waals surface area contributed by atoms with Crippen molar-refractivity contribution in [1.82, 2.24) is 4.90 Å². The Morgan fingerprint density at radius 3 is 2.68 bits per heavy atom. The predicted octanol–water partition coefficient (Wildman–Crippen LogP) is 1.57. The van der Waals surface area contributed by atoms with Gasteiger partial charge in [0, 0.05) is 20.1 Å². The molecule has 1 amide bonds. The molecule has 1 aliphatic heterocycles. The fraction of sp³-hybridized carbons (Fsp3) is 0.438. The molecule has 1 fully saturated rings. The topological polar surface area (TPSA) is 90.6 Å². The van der Waals surface area contributed by atoms with Gasteiger partial charge < -0.3 is 14.7 Å². The summed E-state index contributed by atoms with van der Waals surface area (Å²) in [6.07, 6.45) is 0.551. The molecule has 0 unspecified atom stereocenters. The van der Waals surface area contributed by atoms with E-state index < -0.39 is 17.9 Å². The Morgan fingerprint density at radius 2 is 2.14 bits per heavy atom. The normalized spacial score (nSPS) is 21.5. The average molecular weight is 302 g/mol. The molecule has 0 aromatic heterocycles. The number of carboxylic acid groups (broad SMARTS) is 1. The quantitative estimate of drug-likeness (QED) is 0.891. The van der Waals surface area contributed by atoms with Crippen molar-refractivity contribution >= 4 is 11.9 Å². The number of piperidine rings is 1. The van der Waals surface area contributed by atoms with Crippen LogP contribution in [-0.4, -0.2) is 42.1 Å². The molecular formula is C16H18N2O4. The molecule has 2 rings (SSSR count). The van der Waals surface area contributed by atoms with Gasteiger partial charge in [-0.1, -0.05) is 12.1 Å². The highest BCUT2D eigenvalue weighted by Crippen LogP contribution is 2.36. The van der Waals surface area contributed by atoms with Crippen LogP contribution in [0.3, 0.4) is 0 Å². The molecule has 2 atom stereocenters. The molecule has 1 N–H and O–H groups in total. The predicted molar refractivity (Wildman–Crippen MR) is 77.8 cm³/mol.